The Hall–Kier alpha value is -5.12. The number of amides is 4. The van der Waals surface area contributed by atoms with Crippen LogP contribution >= 0.6 is 23.2 Å². The number of rotatable bonds is 11. The third kappa shape index (κ3) is 10.9. The lowest BCUT2D eigenvalue weighted by Crippen LogP contribution is -2.48. The van der Waals surface area contributed by atoms with Gasteiger partial charge in [-0.2, -0.15) is 4.90 Å². The van der Waals surface area contributed by atoms with E-state index in [0.29, 0.717) is 22.2 Å². The number of imide groups is 1. The molecule has 1 saturated heterocycles. The second kappa shape index (κ2) is 18.6. The van der Waals surface area contributed by atoms with Crippen LogP contribution in [0.4, 0.5) is 43.1 Å². The topological polar surface area (TPSA) is 147 Å². The van der Waals surface area contributed by atoms with Gasteiger partial charge in [-0.05, 0) is 98.3 Å². The fourth-order valence-corrected chi connectivity index (χ4v) is 6.85. The van der Waals surface area contributed by atoms with Crippen LogP contribution in [0.3, 0.4) is 0 Å². The van der Waals surface area contributed by atoms with Crippen LogP contribution < -0.4 is 29.1 Å². The zero-order valence-electron chi connectivity index (χ0n) is 35.0. The molecular weight excluding hydrogens is 789 g/mol. The van der Waals surface area contributed by atoms with Crippen molar-refractivity contribution in [1.29, 1.82) is 0 Å². The summed E-state index contributed by atoms with van der Waals surface area (Å²) in [6.45, 7) is 15.3. The van der Waals surface area contributed by atoms with Gasteiger partial charge in [0.15, 0.2) is 5.78 Å². The number of halogens is 2. The Morgan fingerprint density at radius 3 is 1.91 bits per heavy atom. The summed E-state index contributed by atoms with van der Waals surface area (Å²) in [5.74, 6) is -0.198. The van der Waals surface area contributed by atoms with E-state index in [1.165, 1.54) is 44.4 Å². The minimum Gasteiger partial charge on any atom is -0.495 e. The first kappa shape index (κ1) is 45.6. The molecule has 1 fully saturated rings. The van der Waals surface area contributed by atoms with Gasteiger partial charge in [-0.25, -0.2) is 29.3 Å². The highest BCUT2D eigenvalue weighted by Crippen LogP contribution is 2.47. The van der Waals surface area contributed by atoms with Gasteiger partial charge < -0.3 is 28.7 Å². The predicted octanol–water partition coefficient (Wildman–Crippen LogP) is 8.70. The van der Waals surface area contributed by atoms with Gasteiger partial charge >= 0.3 is 18.2 Å². The van der Waals surface area contributed by atoms with Crippen LogP contribution in [-0.2, 0) is 20.7 Å². The van der Waals surface area contributed by atoms with Gasteiger partial charge in [0.2, 0.25) is 0 Å². The van der Waals surface area contributed by atoms with E-state index in [-0.39, 0.29) is 51.1 Å². The number of carbonyl (C=O) groups excluding carboxylic acids is 4. The lowest BCUT2D eigenvalue weighted by atomic mass is 10.0. The molecule has 58 heavy (non-hydrogen) atoms. The summed E-state index contributed by atoms with van der Waals surface area (Å²) in [7, 11) is 8.20. The van der Waals surface area contributed by atoms with Crippen molar-refractivity contribution in [2.75, 3.05) is 68.1 Å². The Bertz CT molecular complexity index is 2000. The zero-order valence-corrected chi connectivity index (χ0v) is 36.5. The lowest BCUT2D eigenvalue weighted by molar-refractivity contribution is -0.114. The number of hydrogen-bond acceptors (Lipinski definition) is 12. The van der Waals surface area contributed by atoms with Crippen molar-refractivity contribution in [3.05, 3.63) is 64.9 Å². The number of allylic oxidation sites excluding steroid dienone is 1. The Labute approximate surface area is 350 Å². The Balaban J connectivity index is 1.86. The molecule has 0 saturated carbocycles. The summed E-state index contributed by atoms with van der Waals surface area (Å²) in [6.07, 6.45) is 2.30. The van der Waals surface area contributed by atoms with E-state index in [0.717, 1.165) is 42.8 Å². The van der Waals surface area contributed by atoms with Crippen LogP contribution in [0.15, 0.2) is 49.3 Å². The van der Waals surface area contributed by atoms with Gasteiger partial charge in [0, 0.05) is 50.4 Å². The first-order valence-corrected chi connectivity index (χ1v) is 19.3. The van der Waals surface area contributed by atoms with Crippen molar-refractivity contribution in [2.24, 2.45) is 0 Å². The Kier molecular flexibility index (Phi) is 14.6. The molecule has 1 aliphatic heterocycles. The molecule has 4 rings (SSSR count). The van der Waals surface area contributed by atoms with E-state index >= 15 is 0 Å². The first-order chi connectivity index (χ1) is 27.1. The number of carbonyl (C=O) groups is 4. The molecule has 0 unspecified atom stereocenters. The highest BCUT2D eigenvalue weighted by molar-refractivity contribution is 6.43. The predicted molar refractivity (Wildman–Crippen MR) is 227 cm³/mol. The molecule has 0 aliphatic carbocycles. The third-order valence-corrected chi connectivity index (χ3v) is 9.80. The number of hydrogen-bond donors (Lipinski definition) is 0. The molecule has 1 aliphatic rings. The molecule has 3 aromatic rings. The number of ketones is 1. The average molecular weight is 843 g/mol. The minimum absolute atomic E-state index is 0.00585. The van der Waals surface area contributed by atoms with Gasteiger partial charge in [0.1, 0.15) is 56.4 Å². The molecule has 314 valence electrons. The SMILES string of the molecule is C=CC(=O)Cc1cc(N2CCC(N(C)C)CC2)ccc1N(C(=O)OC(C)(C)C)c1cc(N(C)C(=O)N(C(=O)OC(C)(C)C)c2c(Cl)c(OC)cc(OC)c2Cl)ncn1. The van der Waals surface area contributed by atoms with Crippen molar-refractivity contribution in [3.63, 3.8) is 0 Å². The number of nitrogens with zero attached hydrogens (tertiary/aromatic N) is 7. The van der Waals surface area contributed by atoms with Crippen molar-refractivity contribution in [1.82, 2.24) is 14.9 Å². The molecule has 0 bridgehead atoms. The zero-order chi connectivity index (χ0) is 43.3. The standard InChI is InChI=1S/C41H53Cl2N7O8/c1-13-28(51)21-25-20-27(48-18-16-26(17-19-48)46(8)9)14-15-29(25)49(38(53)57-40(2,3)4)33-23-32(44-24-45-33)47(10)37(52)50(39(54)58-41(5,6)7)36-34(42)30(55-11)22-31(56-12)35(36)43/h13-15,20,22-24,26H,1,16-19,21H2,2-12H3. The summed E-state index contributed by atoms with van der Waals surface area (Å²) in [6, 6.07) is 7.75. The van der Waals surface area contributed by atoms with Gasteiger partial charge in [0.25, 0.3) is 0 Å². The van der Waals surface area contributed by atoms with Crippen molar-refractivity contribution in [2.45, 2.75) is 78.0 Å². The maximum atomic E-state index is 14.5. The van der Waals surface area contributed by atoms with Crippen molar-refractivity contribution in [3.8, 4) is 11.5 Å². The lowest BCUT2D eigenvalue weighted by Gasteiger charge is -2.37. The number of anilines is 5. The fourth-order valence-electron chi connectivity index (χ4n) is 6.18. The summed E-state index contributed by atoms with van der Waals surface area (Å²) >= 11 is 13.4. The number of benzene rings is 2. The maximum Gasteiger partial charge on any atom is 0.423 e. The van der Waals surface area contributed by atoms with Gasteiger partial charge in [-0.1, -0.05) is 29.8 Å². The van der Waals surface area contributed by atoms with Gasteiger partial charge in [-0.3, -0.25) is 9.69 Å². The van der Waals surface area contributed by atoms with Crippen LogP contribution in [0, 0.1) is 0 Å². The van der Waals surface area contributed by atoms with E-state index in [1.807, 2.05) is 12.1 Å². The molecule has 0 atom stereocenters. The molecule has 0 N–H and O–H groups in total. The van der Waals surface area contributed by atoms with E-state index in [2.05, 4.69) is 40.4 Å². The molecule has 2 aromatic carbocycles. The molecule has 2 heterocycles. The molecule has 1 aromatic heterocycles. The molecule has 0 spiro atoms. The summed E-state index contributed by atoms with van der Waals surface area (Å²) in [5.41, 5.74) is -0.532. The quantitative estimate of drug-likeness (QED) is 0.170. The van der Waals surface area contributed by atoms with Crippen LogP contribution in [0.1, 0.15) is 59.9 Å². The van der Waals surface area contributed by atoms with Crippen LogP contribution in [0.25, 0.3) is 0 Å². The second-order valence-electron chi connectivity index (χ2n) is 15.8. The second-order valence-corrected chi connectivity index (χ2v) is 16.6. The summed E-state index contributed by atoms with van der Waals surface area (Å²) in [5, 5.41) is -0.347. The van der Waals surface area contributed by atoms with E-state index < -0.39 is 29.4 Å². The van der Waals surface area contributed by atoms with E-state index in [1.54, 1.807) is 47.6 Å². The van der Waals surface area contributed by atoms with Gasteiger partial charge in [0.05, 0.1) is 19.9 Å². The van der Waals surface area contributed by atoms with Crippen LogP contribution in [0.2, 0.25) is 10.0 Å². The summed E-state index contributed by atoms with van der Waals surface area (Å²) in [4.78, 5) is 71.7. The normalized spacial score (nSPS) is 13.4. The third-order valence-electron chi connectivity index (χ3n) is 9.07. The molecule has 15 nitrogen and oxygen atoms in total. The summed E-state index contributed by atoms with van der Waals surface area (Å²) < 4.78 is 22.3. The number of methoxy groups -OCH3 is 2. The van der Waals surface area contributed by atoms with E-state index in [4.69, 9.17) is 42.1 Å². The first-order valence-electron chi connectivity index (χ1n) is 18.6. The molecule has 0 radical (unpaired) electrons. The fraction of sp³-hybridized carbons (Fsp3) is 0.463. The Morgan fingerprint density at radius 2 is 1.40 bits per heavy atom. The highest BCUT2D eigenvalue weighted by Gasteiger charge is 2.38. The number of ether oxygens (including phenoxy) is 4. The molecule has 17 heteroatoms. The Morgan fingerprint density at radius 1 is 0.845 bits per heavy atom. The largest absolute Gasteiger partial charge is 0.495 e. The average Bonchev–Trinajstić information content (AvgIpc) is 3.15. The van der Waals surface area contributed by atoms with Crippen molar-refractivity contribution >= 4 is 75.9 Å². The number of piperidine rings is 1. The van der Waals surface area contributed by atoms with E-state index in [9.17, 15) is 19.2 Å². The number of urea groups is 1. The highest BCUT2D eigenvalue weighted by atomic mass is 35.5. The van der Waals surface area contributed by atoms with Gasteiger partial charge in [-0.15, -0.1) is 0 Å². The van der Waals surface area contributed by atoms with Crippen LogP contribution in [-0.4, -0.2) is 105 Å². The molecular formula is C41H53Cl2N7O8. The maximum absolute atomic E-state index is 14.5. The minimum atomic E-state index is -1.12. The smallest absolute Gasteiger partial charge is 0.423 e. The van der Waals surface area contributed by atoms with Crippen molar-refractivity contribution < 1.29 is 38.1 Å². The number of aromatic nitrogens is 2. The molecule has 4 amide bonds. The van der Waals surface area contributed by atoms with Crippen LogP contribution in [0.5, 0.6) is 11.5 Å². The monoisotopic (exact) mass is 841 g/mol.